The topological polar surface area (TPSA) is 9.86 Å². The number of benzene rings is 10. The van der Waals surface area contributed by atoms with Crippen molar-refractivity contribution in [1.29, 1.82) is 0 Å². The average molecular weight is 817 g/mol. The zero-order valence-corrected chi connectivity index (χ0v) is 35.5. The molecule has 2 nitrogen and oxygen atoms in total. The molecule has 0 saturated heterocycles. The van der Waals surface area contributed by atoms with Crippen molar-refractivity contribution in [2.24, 2.45) is 0 Å². The number of para-hydroxylation sites is 2. The highest BCUT2D eigenvalue weighted by Crippen LogP contribution is 2.41. The Hall–Kier alpha value is -7.98. The third kappa shape index (κ3) is 5.30. The summed E-state index contributed by atoms with van der Waals surface area (Å²) in [6.45, 7) is 0. The number of nitrogens with zero attached hydrogens (tertiary/aromatic N) is 2. The molecule has 0 bridgehead atoms. The summed E-state index contributed by atoms with van der Waals surface area (Å²) in [6, 6.07) is 90.3. The van der Waals surface area contributed by atoms with Gasteiger partial charge in [0.2, 0.25) is 0 Å². The molecule has 0 fully saturated rings. The van der Waals surface area contributed by atoms with E-state index < -0.39 is 8.07 Å². The highest BCUT2D eigenvalue weighted by Gasteiger charge is 2.48. The van der Waals surface area contributed by atoms with Gasteiger partial charge >= 0.3 is 0 Å². The molecule has 13 rings (SSSR count). The summed E-state index contributed by atoms with van der Waals surface area (Å²) in [7, 11) is -2.68. The average Bonchev–Trinajstić information content (AvgIpc) is 3.97. The normalized spacial score (nSPS) is 12.9. The number of fused-ring (bicyclic) bond motifs is 9. The number of hydrogen-bond acceptors (Lipinski definition) is 0. The van der Waals surface area contributed by atoms with Gasteiger partial charge in [-0.3, -0.25) is 0 Å². The first-order valence-electron chi connectivity index (χ1n) is 21.8. The quantitative estimate of drug-likeness (QED) is 0.148. The molecule has 1 aliphatic heterocycles. The van der Waals surface area contributed by atoms with E-state index in [0.29, 0.717) is 0 Å². The lowest BCUT2D eigenvalue weighted by Gasteiger charge is -2.31. The van der Waals surface area contributed by atoms with Gasteiger partial charge in [-0.25, -0.2) is 0 Å². The summed E-state index contributed by atoms with van der Waals surface area (Å²) in [5.74, 6) is 0. The highest BCUT2D eigenvalue weighted by molar-refractivity contribution is 7.22. The van der Waals surface area contributed by atoms with Gasteiger partial charge < -0.3 is 9.13 Å². The fourth-order valence-electron chi connectivity index (χ4n) is 10.9. The molecule has 0 atom stereocenters. The van der Waals surface area contributed by atoms with Crippen LogP contribution < -0.4 is 20.7 Å². The standard InChI is InChI=1S/C60H40N2Si/c1-4-17-41(18-5-1)42-31-33-43(34-32-42)44-19-16-20-45(37-44)61-55-28-13-10-25-49(55)53-40-58-54(39-57(53)61)50-26-11-14-29-56(50)62(58)46-35-36-52-51-27-12-15-30-59(51)63(60(52)38-46,47-21-6-2-7-22-47)48-23-8-3-9-24-48/h1-40H. The van der Waals surface area contributed by atoms with E-state index in [4.69, 9.17) is 0 Å². The second-order valence-electron chi connectivity index (χ2n) is 16.8. The second-order valence-corrected chi connectivity index (χ2v) is 20.6. The summed E-state index contributed by atoms with van der Waals surface area (Å²) >= 11 is 0. The van der Waals surface area contributed by atoms with Gasteiger partial charge in [-0.15, -0.1) is 0 Å². The molecule has 0 amide bonds. The van der Waals surface area contributed by atoms with Crippen molar-refractivity contribution < 1.29 is 0 Å². The largest absolute Gasteiger partial charge is 0.309 e. The van der Waals surface area contributed by atoms with Crippen molar-refractivity contribution >= 4 is 72.4 Å². The van der Waals surface area contributed by atoms with Crippen LogP contribution in [0.1, 0.15) is 0 Å². The molecular formula is C60H40N2Si. The molecule has 2 aromatic heterocycles. The first kappa shape index (κ1) is 35.7. The molecular weight excluding hydrogens is 777 g/mol. The molecule has 10 aromatic carbocycles. The van der Waals surface area contributed by atoms with Crippen molar-refractivity contribution in [1.82, 2.24) is 9.13 Å². The SMILES string of the molecule is c1ccc(-c2ccc(-c3cccc(-n4c5ccccc5c5cc6c(cc54)c4ccccc4n6-c4ccc5c(c4)[Si](c4ccccc4)(c4ccccc4)c4ccccc4-5)c3)cc2)cc1. The summed E-state index contributed by atoms with van der Waals surface area (Å²) in [5, 5.41) is 10.7. The van der Waals surface area contributed by atoms with E-state index in [1.54, 1.807) is 0 Å². The zero-order valence-electron chi connectivity index (χ0n) is 34.5. The number of aromatic nitrogens is 2. The number of rotatable bonds is 6. The summed E-state index contributed by atoms with van der Waals surface area (Å²) in [5.41, 5.74) is 14.7. The Morgan fingerprint density at radius 1 is 0.254 bits per heavy atom. The minimum absolute atomic E-state index is 1.15. The van der Waals surface area contributed by atoms with Gasteiger partial charge in [0.1, 0.15) is 0 Å². The minimum atomic E-state index is -2.68. The van der Waals surface area contributed by atoms with E-state index in [9.17, 15) is 0 Å². The lowest BCUT2D eigenvalue weighted by atomic mass is 10.00. The van der Waals surface area contributed by atoms with Crippen LogP contribution in [-0.2, 0) is 0 Å². The maximum Gasteiger partial charge on any atom is 0.180 e. The summed E-state index contributed by atoms with van der Waals surface area (Å²) in [4.78, 5) is 0. The van der Waals surface area contributed by atoms with Gasteiger partial charge in [-0.05, 0) is 103 Å². The molecule has 0 aliphatic carbocycles. The summed E-state index contributed by atoms with van der Waals surface area (Å²) < 4.78 is 4.98. The van der Waals surface area contributed by atoms with Gasteiger partial charge in [-0.2, -0.15) is 0 Å². The lowest BCUT2D eigenvalue weighted by Crippen LogP contribution is -2.72. The van der Waals surface area contributed by atoms with Crippen LogP contribution in [0.5, 0.6) is 0 Å². The monoisotopic (exact) mass is 816 g/mol. The first-order chi connectivity index (χ1) is 31.3. The molecule has 63 heavy (non-hydrogen) atoms. The maximum absolute atomic E-state index is 2.68. The van der Waals surface area contributed by atoms with Crippen molar-refractivity contribution in [3.8, 4) is 44.8 Å². The third-order valence-corrected chi connectivity index (χ3v) is 18.5. The van der Waals surface area contributed by atoms with Crippen LogP contribution in [-0.4, -0.2) is 17.2 Å². The van der Waals surface area contributed by atoms with Crippen molar-refractivity contribution in [3.05, 3.63) is 243 Å². The Bertz CT molecular complexity index is 3670. The van der Waals surface area contributed by atoms with E-state index in [-0.39, 0.29) is 0 Å². The van der Waals surface area contributed by atoms with Crippen molar-refractivity contribution in [2.45, 2.75) is 0 Å². The van der Waals surface area contributed by atoms with Crippen LogP contribution in [0.2, 0.25) is 0 Å². The molecule has 0 radical (unpaired) electrons. The van der Waals surface area contributed by atoms with Gasteiger partial charge in [0.25, 0.3) is 0 Å². The number of hydrogen-bond donors (Lipinski definition) is 0. The fourth-order valence-corrected chi connectivity index (χ4v) is 16.1. The van der Waals surface area contributed by atoms with Gasteiger partial charge in [0.15, 0.2) is 8.07 Å². The smallest absolute Gasteiger partial charge is 0.180 e. The van der Waals surface area contributed by atoms with Crippen LogP contribution in [0.3, 0.4) is 0 Å². The maximum atomic E-state index is 2.54. The van der Waals surface area contributed by atoms with Gasteiger partial charge in [0.05, 0.1) is 22.1 Å². The third-order valence-electron chi connectivity index (χ3n) is 13.6. The minimum Gasteiger partial charge on any atom is -0.309 e. The Labute approximate surface area is 367 Å². The molecule has 3 heteroatoms. The Kier molecular flexibility index (Phi) is 7.96. The van der Waals surface area contributed by atoms with Crippen molar-refractivity contribution in [3.63, 3.8) is 0 Å². The Balaban J connectivity index is 1.03. The molecule has 12 aromatic rings. The van der Waals surface area contributed by atoms with E-state index in [1.165, 1.54) is 103 Å². The van der Waals surface area contributed by atoms with Crippen LogP contribution in [0.15, 0.2) is 243 Å². The van der Waals surface area contributed by atoms with Crippen molar-refractivity contribution in [2.75, 3.05) is 0 Å². The van der Waals surface area contributed by atoms with Crippen LogP contribution >= 0.6 is 0 Å². The zero-order chi connectivity index (χ0) is 41.5. The molecule has 0 spiro atoms. The molecule has 0 unspecified atom stereocenters. The van der Waals surface area contributed by atoms with Gasteiger partial charge in [-0.1, -0.05) is 194 Å². The second kappa shape index (κ2) is 14.0. The summed E-state index contributed by atoms with van der Waals surface area (Å²) in [6.07, 6.45) is 0. The molecule has 0 saturated carbocycles. The Morgan fingerprint density at radius 2 is 0.714 bits per heavy atom. The van der Waals surface area contributed by atoms with Crippen LogP contribution in [0, 0.1) is 0 Å². The predicted molar refractivity (Wildman–Crippen MR) is 269 cm³/mol. The first-order valence-corrected chi connectivity index (χ1v) is 23.8. The van der Waals surface area contributed by atoms with Crippen LogP contribution in [0.25, 0.3) is 88.4 Å². The van der Waals surface area contributed by atoms with E-state index >= 15 is 0 Å². The van der Waals surface area contributed by atoms with E-state index in [1.807, 2.05) is 0 Å². The Morgan fingerprint density at radius 3 is 1.33 bits per heavy atom. The lowest BCUT2D eigenvalue weighted by molar-refractivity contribution is 1.18. The molecule has 0 N–H and O–H groups in total. The van der Waals surface area contributed by atoms with Crippen LogP contribution in [0.4, 0.5) is 0 Å². The van der Waals surface area contributed by atoms with Gasteiger partial charge in [0, 0.05) is 32.9 Å². The highest BCUT2D eigenvalue weighted by atomic mass is 28.3. The fraction of sp³-hybridized carbons (Fsp3) is 0. The molecule has 294 valence electrons. The predicted octanol–water partition coefficient (Wildman–Crippen LogP) is 12.6. The van der Waals surface area contributed by atoms with E-state index in [2.05, 4.69) is 252 Å². The van der Waals surface area contributed by atoms with E-state index in [0.717, 1.165) is 5.69 Å². The molecule has 3 heterocycles. The molecule has 1 aliphatic rings.